The molecule has 0 amide bonds. The van der Waals surface area contributed by atoms with Crippen molar-refractivity contribution in [2.75, 3.05) is 14.2 Å². The van der Waals surface area contributed by atoms with Gasteiger partial charge in [-0.1, -0.05) is 6.07 Å². The van der Waals surface area contributed by atoms with Crippen LogP contribution in [0.1, 0.15) is 24.8 Å². The molecule has 7 heteroatoms. The fourth-order valence-corrected chi connectivity index (χ4v) is 3.63. The number of methoxy groups -OCH3 is 1. The van der Waals surface area contributed by atoms with Gasteiger partial charge in [0, 0.05) is 25.9 Å². The minimum absolute atomic E-state index is 0.0660. The molecule has 1 saturated carbocycles. The van der Waals surface area contributed by atoms with Crippen molar-refractivity contribution in [2.24, 2.45) is 0 Å². The zero-order chi connectivity index (χ0) is 14.6. The molecule has 1 aromatic rings. The monoisotopic (exact) mass is 299 g/mol. The fraction of sp³-hybridized carbons (Fsp3) is 0.615. The molecule has 1 aromatic heterocycles. The summed E-state index contributed by atoms with van der Waals surface area (Å²) in [6.07, 6.45) is 4.13. The zero-order valence-electron chi connectivity index (χ0n) is 11.8. The molecule has 1 fully saturated rings. The van der Waals surface area contributed by atoms with Gasteiger partial charge in [-0.05, 0) is 37.9 Å². The fourth-order valence-electron chi connectivity index (χ4n) is 2.42. The number of pyridine rings is 1. The van der Waals surface area contributed by atoms with Gasteiger partial charge in [-0.25, -0.2) is 18.1 Å². The molecule has 2 atom stereocenters. The van der Waals surface area contributed by atoms with Crippen LogP contribution in [-0.4, -0.2) is 39.7 Å². The normalized spacial score (nSPS) is 23.1. The molecule has 1 aliphatic rings. The van der Waals surface area contributed by atoms with Gasteiger partial charge < -0.3 is 10.1 Å². The second-order valence-corrected chi connectivity index (χ2v) is 6.68. The third kappa shape index (κ3) is 3.76. The van der Waals surface area contributed by atoms with Crippen LogP contribution in [0.5, 0.6) is 0 Å². The maximum Gasteiger partial charge on any atom is 0.258 e. The van der Waals surface area contributed by atoms with E-state index in [0.29, 0.717) is 13.0 Å². The Morgan fingerprint density at radius 2 is 2.20 bits per heavy atom. The van der Waals surface area contributed by atoms with Crippen molar-refractivity contribution in [3.05, 3.63) is 23.9 Å². The SMILES string of the molecule is CNCc1ccc(S(=O)(=O)NC2CCC(OC)C2)nc1. The summed E-state index contributed by atoms with van der Waals surface area (Å²) in [6.45, 7) is 0.666. The molecule has 112 valence electrons. The van der Waals surface area contributed by atoms with Crippen LogP contribution in [0.25, 0.3) is 0 Å². The summed E-state index contributed by atoms with van der Waals surface area (Å²) in [5.41, 5.74) is 0.951. The van der Waals surface area contributed by atoms with Crippen molar-refractivity contribution in [1.29, 1.82) is 0 Å². The molecular formula is C13H21N3O3S. The maximum absolute atomic E-state index is 12.2. The van der Waals surface area contributed by atoms with E-state index in [1.807, 2.05) is 7.05 Å². The van der Waals surface area contributed by atoms with Crippen LogP contribution in [0.2, 0.25) is 0 Å². The van der Waals surface area contributed by atoms with Crippen LogP contribution in [0, 0.1) is 0 Å². The summed E-state index contributed by atoms with van der Waals surface area (Å²) < 4.78 is 32.4. The molecule has 2 rings (SSSR count). The molecule has 20 heavy (non-hydrogen) atoms. The largest absolute Gasteiger partial charge is 0.381 e. The molecule has 0 bridgehead atoms. The van der Waals surface area contributed by atoms with E-state index in [1.54, 1.807) is 19.4 Å². The number of aromatic nitrogens is 1. The molecule has 0 saturated heterocycles. The topological polar surface area (TPSA) is 80.3 Å². The van der Waals surface area contributed by atoms with Gasteiger partial charge in [0.1, 0.15) is 0 Å². The third-order valence-corrected chi connectivity index (χ3v) is 4.93. The average Bonchev–Trinajstić information content (AvgIpc) is 2.87. The van der Waals surface area contributed by atoms with Gasteiger partial charge in [0.15, 0.2) is 5.03 Å². The molecule has 6 nitrogen and oxygen atoms in total. The van der Waals surface area contributed by atoms with Crippen molar-refractivity contribution in [3.8, 4) is 0 Å². The second kappa shape index (κ2) is 6.62. The Hall–Kier alpha value is -1.02. The van der Waals surface area contributed by atoms with Crippen molar-refractivity contribution < 1.29 is 13.2 Å². The number of ether oxygens (including phenoxy) is 1. The Bertz CT molecular complexity index is 530. The van der Waals surface area contributed by atoms with Gasteiger partial charge >= 0.3 is 0 Å². The minimum atomic E-state index is -3.54. The van der Waals surface area contributed by atoms with Gasteiger partial charge in [0.05, 0.1) is 6.10 Å². The average molecular weight is 299 g/mol. The number of nitrogens with zero attached hydrogens (tertiary/aromatic N) is 1. The zero-order valence-corrected chi connectivity index (χ0v) is 12.6. The van der Waals surface area contributed by atoms with Crippen LogP contribution in [0.3, 0.4) is 0 Å². The van der Waals surface area contributed by atoms with Crippen LogP contribution in [0.4, 0.5) is 0 Å². The highest BCUT2D eigenvalue weighted by Gasteiger charge is 2.29. The lowest BCUT2D eigenvalue weighted by atomic mass is 10.3. The minimum Gasteiger partial charge on any atom is -0.381 e. The first-order chi connectivity index (χ1) is 9.55. The first-order valence-corrected chi connectivity index (χ1v) is 8.18. The lowest BCUT2D eigenvalue weighted by Crippen LogP contribution is -2.33. The number of nitrogens with one attached hydrogen (secondary N) is 2. The number of hydrogen-bond acceptors (Lipinski definition) is 5. The van der Waals surface area contributed by atoms with Crippen molar-refractivity contribution in [3.63, 3.8) is 0 Å². The molecule has 0 spiro atoms. The Morgan fingerprint density at radius 3 is 2.75 bits per heavy atom. The Kier molecular flexibility index (Phi) is 5.09. The van der Waals surface area contributed by atoms with Crippen LogP contribution < -0.4 is 10.0 Å². The van der Waals surface area contributed by atoms with E-state index in [4.69, 9.17) is 4.74 Å². The van der Waals surface area contributed by atoms with Gasteiger partial charge in [-0.15, -0.1) is 0 Å². The Labute approximate surface area is 120 Å². The highest BCUT2D eigenvalue weighted by Crippen LogP contribution is 2.22. The molecule has 0 radical (unpaired) electrons. The number of hydrogen-bond donors (Lipinski definition) is 2. The molecule has 0 aliphatic heterocycles. The van der Waals surface area contributed by atoms with Crippen molar-refractivity contribution >= 4 is 10.0 Å². The van der Waals surface area contributed by atoms with E-state index in [2.05, 4.69) is 15.0 Å². The predicted octanol–water partition coefficient (Wildman–Crippen LogP) is 0.647. The van der Waals surface area contributed by atoms with Crippen molar-refractivity contribution in [1.82, 2.24) is 15.0 Å². The summed E-state index contributed by atoms with van der Waals surface area (Å²) in [5.74, 6) is 0. The van der Waals surface area contributed by atoms with E-state index in [0.717, 1.165) is 18.4 Å². The second-order valence-electron chi connectivity index (χ2n) is 5.02. The highest BCUT2D eigenvalue weighted by atomic mass is 32.2. The first kappa shape index (κ1) is 15.4. The number of rotatable bonds is 6. The van der Waals surface area contributed by atoms with E-state index in [-0.39, 0.29) is 17.2 Å². The summed E-state index contributed by atoms with van der Waals surface area (Å²) in [4.78, 5) is 4.03. The Balaban J connectivity index is 2.03. The van der Waals surface area contributed by atoms with Crippen LogP contribution in [0.15, 0.2) is 23.4 Å². The predicted molar refractivity (Wildman–Crippen MR) is 75.8 cm³/mol. The smallest absolute Gasteiger partial charge is 0.258 e. The van der Waals surface area contributed by atoms with Gasteiger partial charge in [-0.2, -0.15) is 0 Å². The van der Waals surface area contributed by atoms with E-state index in [1.165, 1.54) is 6.07 Å². The third-order valence-electron chi connectivity index (χ3n) is 3.49. The maximum atomic E-state index is 12.2. The molecule has 1 aliphatic carbocycles. The standard InChI is InChI=1S/C13H21N3O3S/c1-14-8-10-3-6-13(15-9-10)20(17,18)16-11-4-5-12(7-11)19-2/h3,6,9,11-12,14,16H,4-5,7-8H2,1-2H3. The van der Waals surface area contributed by atoms with E-state index in [9.17, 15) is 8.42 Å². The summed E-state index contributed by atoms with van der Waals surface area (Å²) in [6, 6.07) is 3.24. The Morgan fingerprint density at radius 1 is 1.40 bits per heavy atom. The van der Waals surface area contributed by atoms with E-state index >= 15 is 0 Å². The number of sulfonamides is 1. The molecule has 1 heterocycles. The summed E-state index contributed by atoms with van der Waals surface area (Å²) in [7, 11) is -0.0559. The van der Waals surface area contributed by atoms with Crippen molar-refractivity contribution in [2.45, 2.75) is 43.0 Å². The lowest BCUT2D eigenvalue weighted by Gasteiger charge is -2.13. The highest BCUT2D eigenvalue weighted by molar-refractivity contribution is 7.89. The molecule has 2 N–H and O–H groups in total. The van der Waals surface area contributed by atoms with E-state index < -0.39 is 10.0 Å². The lowest BCUT2D eigenvalue weighted by molar-refractivity contribution is 0.107. The summed E-state index contributed by atoms with van der Waals surface area (Å²) >= 11 is 0. The van der Waals surface area contributed by atoms with Gasteiger partial charge in [0.25, 0.3) is 10.0 Å². The summed E-state index contributed by atoms with van der Waals surface area (Å²) in [5, 5.41) is 3.06. The first-order valence-electron chi connectivity index (χ1n) is 6.70. The van der Waals surface area contributed by atoms with Crippen LogP contribution in [-0.2, 0) is 21.3 Å². The van der Waals surface area contributed by atoms with Gasteiger partial charge in [-0.3, -0.25) is 0 Å². The molecular weight excluding hydrogens is 278 g/mol. The van der Waals surface area contributed by atoms with Gasteiger partial charge in [0.2, 0.25) is 0 Å². The quantitative estimate of drug-likeness (QED) is 0.806. The molecule has 0 aromatic carbocycles. The molecule has 2 unspecified atom stereocenters. The van der Waals surface area contributed by atoms with Crippen LogP contribution >= 0.6 is 0 Å².